The number of rotatable bonds is 5. The van der Waals surface area contributed by atoms with Crippen LogP contribution < -0.4 is 5.32 Å². The van der Waals surface area contributed by atoms with Crippen molar-refractivity contribution in [1.82, 2.24) is 10.2 Å². The summed E-state index contributed by atoms with van der Waals surface area (Å²) in [6.07, 6.45) is 0.347. The van der Waals surface area contributed by atoms with E-state index in [0.717, 1.165) is 13.1 Å². The van der Waals surface area contributed by atoms with Gasteiger partial charge >= 0.3 is 0 Å². The molecule has 0 aliphatic carbocycles. The van der Waals surface area contributed by atoms with Gasteiger partial charge in [0.25, 0.3) is 0 Å². The average molecular weight is 226 g/mol. The minimum Gasteiger partial charge on any atom is -0.317 e. The largest absolute Gasteiger partial charge is 0.317 e. The van der Waals surface area contributed by atoms with Crippen molar-refractivity contribution in [3.63, 3.8) is 0 Å². The smallest absolute Gasteiger partial charge is 0.235 e. The fourth-order valence-corrected chi connectivity index (χ4v) is 1.98. The Hall–Kier alpha value is -0.900. The normalized spacial score (nSPS) is 21.6. The molecule has 0 aromatic rings. The molecule has 1 N–H and O–H groups in total. The highest BCUT2D eigenvalue weighted by atomic mass is 16.2. The van der Waals surface area contributed by atoms with Crippen molar-refractivity contribution >= 4 is 11.8 Å². The van der Waals surface area contributed by atoms with E-state index < -0.39 is 5.41 Å². The van der Waals surface area contributed by atoms with Crippen LogP contribution in [0.15, 0.2) is 0 Å². The van der Waals surface area contributed by atoms with Crippen LogP contribution in [0.4, 0.5) is 0 Å². The number of amides is 2. The molecule has 1 rings (SSSR count). The number of carbonyl (C=O) groups is 2. The first kappa shape index (κ1) is 13.2. The number of hydrogen-bond acceptors (Lipinski definition) is 3. The Kier molecular flexibility index (Phi) is 4.08. The Morgan fingerprint density at radius 3 is 2.50 bits per heavy atom. The molecule has 16 heavy (non-hydrogen) atoms. The molecular weight excluding hydrogens is 204 g/mol. The van der Waals surface area contributed by atoms with E-state index in [2.05, 4.69) is 12.2 Å². The molecule has 0 saturated carbocycles. The molecule has 1 heterocycles. The third-order valence-corrected chi connectivity index (χ3v) is 2.96. The lowest BCUT2D eigenvalue weighted by atomic mass is 9.92. The maximum Gasteiger partial charge on any atom is 0.235 e. The van der Waals surface area contributed by atoms with E-state index in [1.165, 1.54) is 4.90 Å². The van der Waals surface area contributed by atoms with Crippen molar-refractivity contribution < 1.29 is 9.59 Å². The number of nitrogens with one attached hydrogen (secondary N) is 1. The number of likely N-dealkylation sites (tertiary alicyclic amines) is 1. The topological polar surface area (TPSA) is 49.4 Å². The molecule has 1 atom stereocenters. The Labute approximate surface area is 97.4 Å². The minimum absolute atomic E-state index is 0.0270. The van der Waals surface area contributed by atoms with Crippen molar-refractivity contribution in [3.8, 4) is 0 Å². The molecule has 92 valence electrons. The third kappa shape index (κ3) is 2.82. The summed E-state index contributed by atoms with van der Waals surface area (Å²) in [5.74, 6) is 0.251. The number of hydrogen-bond donors (Lipinski definition) is 1. The van der Waals surface area contributed by atoms with Crippen molar-refractivity contribution in [2.24, 2.45) is 11.3 Å². The highest BCUT2D eigenvalue weighted by molar-refractivity contribution is 6.05. The first-order valence-corrected chi connectivity index (χ1v) is 5.94. The van der Waals surface area contributed by atoms with E-state index in [1.54, 1.807) is 0 Å². The van der Waals surface area contributed by atoms with Gasteiger partial charge in [0.15, 0.2) is 0 Å². The fraction of sp³-hybridized carbons (Fsp3) is 0.833. The van der Waals surface area contributed by atoms with Crippen LogP contribution in [0.3, 0.4) is 0 Å². The maximum absolute atomic E-state index is 11.9. The van der Waals surface area contributed by atoms with Crippen LogP contribution in [0.25, 0.3) is 0 Å². The number of nitrogens with zero attached hydrogens (tertiary/aromatic N) is 1. The Morgan fingerprint density at radius 1 is 1.44 bits per heavy atom. The molecule has 0 radical (unpaired) electrons. The quantitative estimate of drug-likeness (QED) is 0.712. The van der Waals surface area contributed by atoms with Crippen molar-refractivity contribution in [2.45, 2.75) is 34.1 Å². The standard InChI is InChI=1S/C12H22N2O2/c1-5-13-7-9(2)8-14-10(15)6-12(3,4)11(14)16/h9,13H,5-8H2,1-4H3. The first-order chi connectivity index (χ1) is 7.38. The van der Waals surface area contributed by atoms with E-state index >= 15 is 0 Å². The van der Waals surface area contributed by atoms with Gasteiger partial charge in [-0.15, -0.1) is 0 Å². The Bertz CT molecular complexity index is 287. The molecule has 1 aliphatic heterocycles. The van der Waals surface area contributed by atoms with Crippen LogP contribution in [-0.4, -0.2) is 36.3 Å². The lowest BCUT2D eigenvalue weighted by Crippen LogP contribution is -2.38. The van der Waals surface area contributed by atoms with Gasteiger partial charge in [-0.3, -0.25) is 14.5 Å². The average Bonchev–Trinajstić information content (AvgIpc) is 2.38. The van der Waals surface area contributed by atoms with E-state index in [0.29, 0.717) is 18.9 Å². The zero-order valence-corrected chi connectivity index (χ0v) is 10.7. The predicted molar refractivity (Wildman–Crippen MR) is 62.8 cm³/mol. The lowest BCUT2D eigenvalue weighted by Gasteiger charge is -2.21. The van der Waals surface area contributed by atoms with Gasteiger partial charge in [0.05, 0.1) is 5.41 Å². The van der Waals surface area contributed by atoms with Gasteiger partial charge in [0, 0.05) is 13.0 Å². The second-order valence-electron chi connectivity index (χ2n) is 5.28. The molecule has 1 unspecified atom stereocenters. The Morgan fingerprint density at radius 2 is 2.06 bits per heavy atom. The molecular formula is C12H22N2O2. The van der Waals surface area contributed by atoms with Crippen LogP contribution in [0.5, 0.6) is 0 Å². The van der Waals surface area contributed by atoms with Crippen molar-refractivity contribution in [1.29, 1.82) is 0 Å². The van der Waals surface area contributed by atoms with E-state index in [1.807, 2.05) is 20.8 Å². The lowest BCUT2D eigenvalue weighted by molar-refractivity contribution is -0.141. The summed E-state index contributed by atoms with van der Waals surface area (Å²) in [6, 6.07) is 0. The van der Waals surface area contributed by atoms with Gasteiger partial charge in [0.1, 0.15) is 0 Å². The minimum atomic E-state index is -0.505. The fourth-order valence-electron chi connectivity index (χ4n) is 1.98. The summed E-state index contributed by atoms with van der Waals surface area (Å²) in [4.78, 5) is 25.0. The van der Waals surface area contributed by atoms with Crippen LogP contribution in [0, 0.1) is 11.3 Å². The summed E-state index contributed by atoms with van der Waals surface area (Å²) < 4.78 is 0. The second-order valence-corrected chi connectivity index (χ2v) is 5.28. The summed E-state index contributed by atoms with van der Waals surface area (Å²) in [5, 5.41) is 3.22. The highest BCUT2D eigenvalue weighted by Gasteiger charge is 2.44. The molecule has 0 aromatic carbocycles. The predicted octanol–water partition coefficient (Wildman–Crippen LogP) is 1.02. The summed E-state index contributed by atoms with van der Waals surface area (Å²) in [6.45, 7) is 10.1. The molecule has 1 aliphatic rings. The van der Waals surface area contributed by atoms with E-state index in [9.17, 15) is 9.59 Å². The van der Waals surface area contributed by atoms with Crippen molar-refractivity contribution in [3.05, 3.63) is 0 Å². The summed E-state index contributed by atoms with van der Waals surface area (Å²) in [7, 11) is 0. The molecule has 0 aromatic heterocycles. The molecule has 4 nitrogen and oxygen atoms in total. The van der Waals surface area contributed by atoms with Gasteiger partial charge < -0.3 is 5.32 Å². The van der Waals surface area contributed by atoms with Gasteiger partial charge in [-0.2, -0.15) is 0 Å². The molecule has 0 spiro atoms. The monoisotopic (exact) mass is 226 g/mol. The first-order valence-electron chi connectivity index (χ1n) is 5.94. The summed E-state index contributed by atoms with van der Waals surface area (Å²) >= 11 is 0. The van der Waals surface area contributed by atoms with E-state index in [4.69, 9.17) is 0 Å². The molecule has 0 bridgehead atoms. The van der Waals surface area contributed by atoms with Gasteiger partial charge in [-0.05, 0) is 19.0 Å². The summed E-state index contributed by atoms with van der Waals surface area (Å²) in [5.41, 5.74) is -0.505. The van der Waals surface area contributed by atoms with Gasteiger partial charge in [0.2, 0.25) is 11.8 Å². The molecule has 1 fully saturated rings. The number of imide groups is 1. The van der Waals surface area contributed by atoms with Crippen LogP contribution >= 0.6 is 0 Å². The molecule has 2 amide bonds. The molecule has 1 saturated heterocycles. The van der Waals surface area contributed by atoms with Crippen LogP contribution in [0.1, 0.15) is 34.1 Å². The zero-order valence-electron chi connectivity index (χ0n) is 10.7. The zero-order chi connectivity index (χ0) is 12.3. The third-order valence-electron chi connectivity index (χ3n) is 2.96. The SMILES string of the molecule is CCNCC(C)CN1C(=O)CC(C)(C)C1=O. The van der Waals surface area contributed by atoms with E-state index in [-0.39, 0.29) is 11.8 Å². The van der Waals surface area contributed by atoms with Crippen LogP contribution in [0.2, 0.25) is 0 Å². The highest BCUT2D eigenvalue weighted by Crippen LogP contribution is 2.31. The Balaban J connectivity index is 2.54. The maximum atomic E-state index is 11.9. The van der Waals surface area contributed by atoms with Gasteiger partial charge in [-0.25, -0.2) is 0 Å². The number of carbonyl (C=O) groups excluding carboxylic acids is 2. The molecule has 4 heteroatoms. The van der Waals surface area contributed by atoms with Gasteiger partial charge in [-0.1, -0.05) is 27.7 Å². The van der Waals surface area contributed by atoms with Crippen LogP contribution in [-0.2, 0) is 9.59 Å². The van der Waals surface area contributed by atoms with Crippen molar-refractivity contribution in [2.75, 3.05) is 19.6 Å². The second kappa shape index (κ2) is 4.95.